The van der Waals surface area contributed by atoms with Crippen LogP contribution in [0.4, 0.5) is 14.5 Å². The van der Waals surface area contributed by atoms with Gasteiger partial charge in [0.1, 0.15) is 28.2 Å². The monoisotopic (exact) mass is 428 g/mol. The van der Waals surface area contributed by atoms with E-state index in [2.05, 4.69) is 10.3 Å². The molecule has 31 heavy (non-hydrogen) atoms. The first-order valence-corrected chi connectivity index (χ1v) is 10.5. The van der Waals surface area contributed by atoms with Crippen molar-refractivity contribution in [2.75, 3.05) is 37.7 Å². The highest BCUT2D eigenvalue weighted by molar-refractivity contribution is 5.97. The summed E-state index contributed by atoms with van der Waals surface area (Å²) in [6.45, 7) is 4.06. The number of nitrogens with zero attached hydrogens (tertiary/aromatic N) is 3. The number of aromatic nitrogens is 2. The van der Waals surface area contributed by atoms with Crippen molar-refractivity contribution in [3.63, 3.8) is 0 Å². The number of rotatable bonds is 4. The molecule has 7 nitrogen and oxygen atoms in total. The molecule has 1 aromatic carbocycles. The van der Waals surface area contributed by atoms with Crippen molar-refractivity contribution >= 4 is 33.6 Å². The van der Waals surface area contributed by atoms with Crippen LogP contribution in [0.3, 0.4) is 0 Å². The summed E-state index contributed by atoms with van der Waals surface area (Å²) in [5, 5.41) is 3.50. The van der Waals surface area contributed by atoms with Gasteiger partial charge in [-0.2, -0.15) is 0 Å². The number of halogens is 2. The number of ether oxygens (including phenoxy) is 1. The van der Waals surface area contributed by atoms with Gasteiger partial charge in [0.2, 0.25) is 5.43 Å². The third-order valence-electron chi connectivity index (χ3n) is 5.83. The van der Waals surface area contributed by atoms with Crippen LogP contribution in [0.1, 0.15) is 36.2 Å². The predicted octanol–water partition coefficient (Wildman–Crippen LogP) is 2.75. The van der Waals surface area contributed by atoms with Crippen LogP contribution in [-0.2, 0) is 4.74 Å². The third-order valence-corrected chi connectivity index (χ3v) is 5.83. The Bertz CT molecular complexity index is 1260. The first kappa shape index (κ1) is 19.9. The fourth-order valence-electron chi connectivity index (χ4n) is 4.16. The second-order valence-electron chi connectivity index (χ2n) is 7.92. The molecule has 2 aliphatic rings. The number of pyridine rings is 2. The molecule has 1 saturated carbocycles. The van der Waals surface area contributed by atoms with Crippen molar-refractivity contribution in [1.29, 1.82) is 0 Å². The van der Waals surface area contributed by atoms with Gasteiger partial charge >= 0.3 is 5.97 Å². The molecule has 1 aliphatic heterocycles. The fourth-order valence-corrected chi connectivity index (χ4v) is 4.16. The van der Waals surface area contributed by atoms with Gasteiger partial charge in [0.25, 0.3) is 0 Å². The zero-order valence-corrected chi connectivity index (χ0v) is 17.1. The lowest BCUT2D eigenvalue weighted by atomic mass is 10.1. The molecule has 0 unspecified atom stereocenters. The summed E-state index contributed by atoms with van der Waals surface area (Å²) < 4.78 is 37.1. The lowest BCUT2D eigenvalue weighted by Crippen LogP contribution is -2.44. The second-order valence-corrected chi connectivity index (χ2v) is 7.92. The molecule has 2 fully saturated rings. The van der Waals surface area contributed by atoms with Crippen molar-refractivity contribution in [3.8, 4) is 0 Å². The standard InChI is InChI=1S/C22H22F2N4O3/c1-2-31-22(30)15-11-28(13-3-4-13)21-14(20(15)29)9-12-10-16(23)19(17(24)18(12)26-21)27-7-5-25-6-8-27/h9-11,13,25H,2-8H2,1H3. The molecule has 0 atom stereocenters. The molecule has 2 aromatic heterocycles. The molecule has 1 saturated heterocycles. The van der Waals surface area contributed by atoms with Crippen LogP contribution in [-0.4, -0.2) is 48.3 Å². The molecule has 0 spiro atoms. The maximum atomic E-state index is 15.5. The highest BCUT2D eigenvalue weighted by Gasteiger charge is 2.29. The number of hydrogen-bond acceptors (Lipinski definition) is 6. The molecule has 0 bridgehead atoms. The first-order chi connectivity index (χ1) is 15.0. The molecule has 5 rings (SSSR count). The van der Waals surface area contributed by atoms with Crippen LogP contribution in [0.15, 0.2) is 23.1 Å². The largest absolute Gasteiger partial charge is 0.462 e. The van der Waals surface area contributed by atoms with E-state index in [0.717, 1.165) is 12.8 Å². The van der Waals surface area contributed by atoms with Gasteiger partial charge in [-0.15, -0.1) is 0 Å². The highest BCUT2D eigenvalue weighted by Crippen LogP contribution is 2.38. The Morgan fingerprint density at radius 1 is 1.26 bits per heavy atom. The van der Waals surface area contributed by atoms with E-state index >= 15 is 4.39 Å². The Hall–Kier alpha value is -3.07. The minimum absolute atomic E-state index is 0.0140. The lowest BCUT2D eigenvalue weighted by Gasteiger charge is -2.30. The molecule has 1 aliphatic carbocycles. The van der Waals surface area contributed by atoms with Crippen LogP contribution in [0.25, 0.3) is 21.9 Å². The van der Waals surface area contributed by atoms with Gasteiger partial charge in [0.05, 0.1) is 12.0 Å². The molecule has 3 heterocycles. The summed E-state index contributed by atoms with van der Waals surface area (Å²) >= 11 is 0. The van der Waals surface area contributed by atoms with E-state index in [9.17, 15) is 14.0 Å². The van der Waals surface area contributed by atoms with Gasteiger partial charge in [0.15, 0.2) is 5.82 Å². The summed E-state index contributed by atoms with van der Waals surface area (Å²) in [5.41, 5.74) is -0.429. The maximum Gasteiger partial charge on any atom is 0.343 e. The summed E-state index contributed by atoms with van der Waals surface area (Å²) in [5.74, 6) is -2.14. The van der Waals surface area contributed by atoms with E-state index in [1.54, 1.807) is 16.4 Å². The minimum Gasteiger partial charge on any atom is -0.462 e. The third kappa shape index (κ3) is 3.33. The van der Waals surface area contributed by atoms with Gasteiger partial charge in [0, 0.05) is 43.8 Å². The summed E-state index contributed by atoms with van der Waals surface area (Å²) in [6, 6.07) is 2.72. The average molecular weight is 428 g/mol. The van der Waals surface area contributed by atoms with E-state index in [0.29, 0.717) is 31.8 Å². The van der Waals surface area contributed by atoms with Gasteiger partial charge in [-0.3, -0.25) is 4.79 Å². The normalized spacial score (nSPS) is 16.8. The SMILES string of the molecule is CCOC(=O)c1cn(C2CC2)c2nc3c(F)c(N4CCNCC4)c(F)cc3cc2c1=O. The van der Waals surface area contributed by atoms with Crippen LogP contribution in [0.2, 0.25) is 0 Å². The lowest BCUT2D eigenvalue weighted by molar-refractivity contribution is 0.0524. The van der Waals surface area contributed by atoms with Crippen molar-refractivity contribution in [2.45, 2.75) is 25.8 Å². The second kappa shape index (κ2) is 7.56. The van der Waals surface area contributed by atoms with E-state index in [4.69, 9.17) is 4.74 Å². The van der Waals surface area contributed by atoms with E-state index in [1.807, 2.05) is 0 Å². The van der Waals surface area contributed by atoms with Gasteiger partial charge in [-0.05, 0) is 31.9 Å². The number of anilines is 1. The molecule has 3 aromatic rings. The van der Waals surface area contributed by atoms with Crippen molar-refractivity contribution in [2.24, 2.45) is 0 Å². The maximum absolute atomic E-state index is 15.5. The molecule has 1 N–H and O–H groups in total. The first-order valence-electron chi connectivity index (χ1n) is 10.5. The Morgan fingerprint density at radius 3 is 2.68 bits per heavy atom. The number of carbonyl (C=O) groups excluding carboxylic acids is 1. The topological polar surface area (TPSA) is 76.5 Å². The molecule has 0 radical (unpaired) electrons. The van der Waals surface area contributed by atoms with Crippen LogP contribution in [0.5, 0.6) is 0 Å². The number of hydrogen-bond donors (Lipinski definition) is 1. The number of nitrogens with one attached hydrogen (secondary N) is 1. The minimum atomic E-state index is -0.733. The van der Waals surface area contributed by atoms with Crippen LogP contribution in [0, 0.1) is 11.6 Å². The quantitative estimate of drug-likeness (QED) is 0.509. The number of carbonyl (C=O) groups is 1. The van der Waals surface area contributed by atoms with Crippen molar-refractivity contribution in [3.05, 3.63) is 45.8 Å². The number of fused-ring (bicyclic) bond motifs is 2. The zero-order valence-electron chi connectivity index (χ0n) is 17.1. The Labute approximate surface area is 176 Å². The zero-order chi connectivity index (χ0) is 21.7. The summed E-state index contributed by atoms with van der Waals surface area (Å²) in [4.78, 5) is 31.5. The van der Waals surface area contributed by atoms with Crippen molar-refractivity contribution < 1.29 is 18.3 Å². The van der Waals surface area contributed by atoms with Crippen molar-refractivity contribution in [1.82, 2.24) is 14.9 Å². The molecule has 0 amide bonds. The van der Waals surface area contributed by atoms with Gasteiger partial charge in [-0.25, -0.2) is 18.6 Å². The highest BCUT2D eigenvalue weighted by atomic mass is 19.1. The van der Waals surface area contributed by atoms with E-state index in [-0.39, 0.29) is 40.2 Å². The number of piperazine rings is 1. The summed E-state index contributed by atoms with van der Waals surface area (Å²) in [7, 11) is 0. The number of benzene rings is 1. The Balaban J connectivity index is 1.76. The van der Waals surface area contributed by atoms with Crippen LogP contribution >= 0.6 is 0 Å². The molecular weight excluding hydrogens is 406 g/mol. The molecular formula is C22H22F2N4O3. The predicted molar refractivity (Wildman–Crippen MR) is 113 cm³/mol. The summed E-state index contributed by atoms with van der Waals surface area (Å²) in [6.07, 6.45) is 3.20. The Kier molecular flexibility index (Phi) is 4.85. The smallest absolute Gasteiger partial charge is 0.343 e. The van der Waals surface area contributed by atoms with Gasteiger partial charge < -0.3 is 19.5 Å². The average Bonchev–Trinajstić information content (AvgIpc) is 3.59. The fraction of sp³-hybridized carbons (Fsp3) is 0.409. The van der Waals surface area contributed by atoms with Crippen LogP contribution < -0.4 is 15.6 Å². The molecule has 9 heteroatoms. The number of esters is 1. The van der Waals surface area contributed by atoms with E-state index in [1.165, 1.54) is 18.3 Å². The Morgan fingerprint density at radius 2 is 2.00 bits per heavy atom. The van der Waals surface area contributed by atoms with Gasteiger partial charge in [-0.1, -0.05) is 0 Å². The molecule has 162 valence electrons. The van der Waals surface area contributed by atoms with E-state index < -0.39 is 23.0 Å².